The maximum absolute atomic E-state index is 5.81. The third-order valence-corrected chi connectivity index (χ3v) is 4.08. The highest BCUT2D eigenvalue weighted by atomic mass is 15.1. The molecule has 0 aliphatic carbocycles. The van der Waals surface area contributed by atoms with Crippen LogP contribution in [0.2, 0.25) is 0 Å². The smallest absolute Gasteiger partial charge is 0.0698 e. The van der Waals surface area contributed by atoms with Crippen molar-refractivity contribution in [1.82, 2.24) is 10.6 Å². The van der Waals surface area contributed by atoms with Crippen LogP contribution in [0.3, 0.4) is 0 Å². The molecule has 0 amide bonds. The van der Waals surface area contributed by atoms with Gasteiger partial charge in [-0.2, -0.15) is 0 Å². The highest BCUT2D eigenvalue weighted by Crippen LogP contribution is 2.05. The Kier molecular flexibility index (Phi) is 17.8. The van der Waals surface area contributed by atoms with Crippen molar-refractivity contribution < 1.29 is 0 Å². The summed E-state index contributed by atoms with van der Waals surface area (Å²) in [6.07, 6.45) is 16.5. The van der Waals surface area contributed by atoms with Crippen molar-refractivity contribution in [3.05, 3.63) is 0 Å². The quantitative estimate of drug-likeness (QED) is 0.279. The van der Waals surface area contributed by atoms with Crippen LogP contribution in [0.5, 0.6) is 0 Å². The maximum atomic E-state index is 5.81. The van der Waals surface area contributed by atoms with Crippen LogP contribution >= 0.6 is 0 Å². The van der Waals surface area contributed by atoms with Gasteiger partial charge in [0, 0.05) is 6.54 Å². The van der Waals surface area contributed by atoms with E-state index in [1.807, 2.05) is 0 Å². The predicted octanol–water partition coefficient (Wildman–Crippen LogP) is 4.17. The van der Waals surface area contributed by atoms with Gasteiger partial charge in [0.15, 0.2) is 0 Å². The molecule has 0 aliphatic heterocycles. The lowest BCUT2D eigenvalue weighted by molar-refractivity contribution is 0.415. The van der Waals surface area contributed by atoms with Gasteiger partial charge >= 0.3 is 0 Å². The predicted molar refractivity (Wildman–Crippen MR) is 95.6 cm³/mol. The lowest BCUT2D eigenvalue weighted by atomic mass is 10.1. The second-order valence-electron chi connectivity index (χ2n) is 6.23. The minimum atomic E-state index is 0.302. The summed E-state index contributed by atoms with van der Waals surface area (Å²) in [5, 5.41) is 7.07. The first-order valence-electron chi connectivity index (χ1n) is 9.52. The maximum Gasteiger partial charge on any atom is 0.0698 e. The molecule has 21 heavy (non-hydrogen) atoms. The minimum absolute atomic E-state index is 0.302. The lowest BCUT2D eigenvalue weighted by Crippen LogP contribution is -2.48. The number of nitrogens with two attached hydrogens (primary N) is 1. The molecule has 3 nitrogen and oxygen atoms in total. The Balaban J connectivity index is 3.29. The number of nitrogens with one attached hydrogen (secondary N) is 2. The van der Waals surface area contributed by atoms with Crippen molar-refractivity contribution in [2.75, 3.05) is 19.6 Å². The summed E-state index contributed by atoms with van der Waals surface area (Å²) in [7, 11) is 0. The monoisotopic (exact) mass is 299 g/mol. The number of unbranched alkanes of at least 4 members (excludes halogenated alkanes) is 10. The highest BCUT2D eigenvalue weighted by molar-refractivity contribution is 4.65. The second kappa shape index (κ2) is 17.9. The zero-order chi connectivity index (χ0) is 15.6. The van der Waals surface area contributed by atoms with E-state index in [-0.39, 0.29) is 0 Å². The molecule has 0 spiro atoms. The Hall–Kier alpha value is -0.120. The van der Waals surface area contributed by atoms with E-state index < -0.39 is 0 Å². The molecular formula is C18H41N3. The van der Waals surface area contributed by atoms with Crippen LogP contribution in [0, 0.1) is 0 Å². The number of hydrogen-bond acceptors (Lipinski definition) is 3. The molecule has 0 saturated heterocycles. The van der Waals surface area contributed by atoms with E-state index >= 15 is 0 Å². The van der Waals surface area contributed by atoms with Crippen LogP contribution in [-0.2, 0) is 0 Å². The molecule has 4 N–H and O–H groups in total. The molecule has 0 rings (SSSR count). The Morgan fingerprint density at radius 3 is 1.38 bits per heavy atom. The van der Waals surface area contributed by atoms with Crippen LogP contribution in [-0.4, -0.2) is 25.8 Å². The van der Waals surface area contributed by atoms with Gasteiger partial charge in [-0.05, 0) is 25.9 Å². The third kappa shape index (κ3) is 16.1. The first-order chi connectivity index (χ1) is 10.3. The SMILES string of the molecule is CCCCCCCCNC(CN)NCCCCCCCC. The molecule has 0 fully saturated rings. The molecule has 3 heteroatoms. The van der Waals surface area contributed by atoms with E-state index in [0.717, 1.165) is 13.1 Å². The summed E-state index contributed by atoms with van der Waals surface area (Å²) < 4.78 is 0. The van der Waals surface area contributed by atoms with Gasteiger partial charge in [-0.25, -0.2) is 0 Å². The van der Waals surface area contributed by atoms with Gasteiger partial charge in [0.1, 0.15) is 0 Å². The lowest BCUT2D eigenvalue weighted by Gasteiger charge is -2.18. The number of rotatable bonds is 17. The van der Waals surface area contributed by atoms with Gasteiger partial charge < -0.3 is 16.4 Å². The van der Waals surface area contributed by atoms with E-state index in [9.17, 15) is 0 Å². The molecule has 128 valence electrons. The van der Waals surface area contributed by atoms with E-state index in [0.29, 0.717) is 12.7 Å². The topological polar surface area (TPSA) is 50.1 Å². The van der Waals surface area contributed by atoms with Crippen molar-refractivity contribution in [3.8, 4) is 0 Å². The van der Waals surface area contributed by atoms with Crippen molar-refractivity contribution in [2.24, 2.45) is 5.73 Å². The molecule has 0 aromatic carbocycles. The summed E-state index contributed by atoms with van der Waals surface area (Å²) in [4.78, 5) is 0. The zero-order valence-corrected chi connectivity index (χ0v) is 14.8. The average molecular weight is 300 g/mol. The van der Waals surface area contributed by atoms with Gasteiger partial charge in [0.2, 0.25) is 0 Å². The van der Waals surface area contributed by atoms with Crippen LogP contribution in [0.25, 0.3) is 0 Å². The van der Waals surface area contributed by atoms with Gasteiger partial charge in [0.05, 0.1) is 6.17 Å². The molecule has 0 aromatic heterocycles. The second-order valence-corrected chi connectivity index (χ2v) is 6.23. The average Bonchev–Trinajstić information content (AvgIpc) is 2.51. The van der Waals surface area contributed by atoms with Gasteiger partial charge in [-0.15, -0.1) is 0 Å². The number of hydrogen-bond donors (Lipinski definition) is 3. The van der Waals surface area contributed by atoms with E-state index in [2.05, 4.69) is 24.5 Å². The van der Waals surface area contributed by atoms with Gasteiger partial charge in [-0.3, -0.25) is 0 Å². The standard InChI is InChI=1S/C18H41N3/c1-3-5-7-9-11-13-15-20-18(17-19)21-16-14-12-10-8-6-4-2/h18,20-21H,3-17,19H2,1-2H3. The zero-order valence-electron chi connectivity index (χ0n) is 14.8. The fraction of sp³-hybridized carbons (Fsp3) is 1.00. The normalized spacial score (nSPS) is 11.4. The molecule has 0 aliphatic rings. The van der Waals surface area contributed by atoms with Gasteiger partial charge in [-0.1, -0.05) is 78.1 Å². The summed E-state index contributed by atoms with van der Waals surface area (Å²) in [5.41, 5.74) is 5.81. The summed E-state index contributed by atoms with van der Waals surface area (Å²) in [6.45, 7) is 7.41. The van der Waals surface area contributed by atoms with Crippen LogP contribution in [0.4, 0.5) is 0 Å². The Bertz CT molecular complexity index is 167. The molecule has 0 atom stereocenters. The van der Waals surface area contributed by atoms with Crippen molar-refractivity contribution in [1.29, 1.82) is 0 Å². The Labute approximate surface area is 133 Å². The molecular weight excluding hydrogens is 258 g/mol. The van der Waals surface area contributed by atoms with Crippen LogP contribution < -0.4 is 16.4 Å². The van der Waals surface area contributed by atoms with Crippen LogP contribution in [0.1, 0.15) is 90.9 Å². The Morgan fingerprint density at radius 2 is 1.00 bits per heavy atom. The Morgan fingerprint density at radius 1 is 0.619 bits per heavy atom. The first kappa shape index (κ1) is 20.9. The van der Waals surface area contributed by atoms with E-state index in [1.54, 1.807) is 0 Å². The largest absolute Gasteiger partial charge is 0.328 e. The van der Waals surface area contributed by atoms with E-state index in [1.165, 1.54) is 77.0 Å². The first-order valence-corrected chi connectivity index (χ1v) is 9.52. The molecule has 0 radical (unpaired) electrons. The van der Waals surface area contributed by atoms with Crippen molar-refractivity contribution in [2.45, 2.75) is 97.1 Å². The molecule has 0 saturated carbocycles. The third-order valence-electron chi connectivity index (χ3n) is 4.08. The molecule has 0 unspecified atom stereocenters. The van der Waals surface area contributed by atoms with Gasteiger partial charge in [0.25, 0.3) is 0 Å². The summed E-state index contributed by atoms with van der Waals surface area (Å²) >= 11 is 0. The van der Waals surface area contributed by atoms with E-state index in [4.69, 9.17) is 5.73 Å². The highest BCUT2D eigenvalue weighted by Gasteiger charge is 2.03. The molecule has 0 aromatic rings. The minimum Gasteiger partial charge on any atom is -0.328 e. The summed E-state index contributed by atoms with van der Waals surface area (Å²) in [5.74, 6) is 0. The van der Waals surface area contributed by atoms with Crippen molar-refractivity contribution >= 4 is 0 Å². The van der Waals surface area contributed by atoms with Crippen molar-refractivity contribution in [3.63, 3.8) is 0 Å². The van der Waals surface area contributed by atoms with Crippen LogP contribution in [0.15, 0.2) is 0 Å². The fourth-order valence-corrected chi connectivity index (χ4v) is 2.60. The summed E-state index contributed by atoms with van der Waals surface area (Å²) in [6, 6.07) is 0. The molecule has 0 bridgehead atoms. The fourth-order valence-electron chi connectivity index (χ4n) is 2.60. The molecule has 0 heterocycles.